The normalized spacial score (nSPS) is 27.2. The molecule has 2 aliphatic heterocycles. The van der Waals surface area contributed by atoms with Gasteiger partial charge >= 0.3 is 6.61 Å². The van der Waals surface area contributed by atoms with Gasteiger partial charge in [0.15, 0.2) is 0 Å². The van der Waals surface area contributed by atoms with Crippen LogP contribution in [0.5, 0.6) is 5.75 Å². The van der Waals surface area contributed by atoms with Gasteiger partial charge in [0, 0.05) is 24.5 Å². The number of aliphatic hydroxyl groups is 1. The summed E-state index contributed by atoms with van der Waals surface area (Å²) in [5.41, 5.74) is -0.0271. The minimum absolute atomic E-state index is 0.0760. The molecule has 2 aliphatic rings. The Bertz CT molecular complexity index is 628. The molecule has 0 aliphatic carbocycles. The van der Waals surface area contributed by atoms with E-state index in [1.807, 2.05) is 7.05 Å². The van der Waals surface area contributed by atoms with Gasteiger partial charge in [-0.25, -0.2) is 0 Å². The van der Waals surface area contributed by atoms with Crippen LogP contribution in [-0.2, 0) is 0 Å². The second-order valence-corrected chi connectivity index (χ2v) is 7.00. The number of halogens is 2. The standard InChI is InChI=1S/C18H24F2N2O3/c1-21-9-4-7-18(12-23)8-10-22(11-15(18)21)16(24)13-5-2-3-6-14(13)25-17(19)20/h2-3,5-6,15,17,23H,4,7-12H2,1H3/t15-,18-/m1/s1. The molecule has 138 valence electrons. The van der Waals surface area contributed by atoms with E-state index in [0.717, 1.165) is 19.4 Å². The monoisotopic (exact) mass is 354 g/mol. The molecule has 2 saturated heterocycles. The lowest BCUT2D eigenvalue weighted by Gasteiger charge is -2.53. The van der Waals surface area contributed by atoms with Gasteiger partial charge in [0.25, 0.3) is 5.91 Å². The van der Waals surface area contributed by atoms with Crippen molar-refractivity contribution in [1.29, 1.82) is 0 Å². The number of rotatable bonds is 4. The molecular formula is C18H24F2N2O3. The van der Waals surface area contributed by atoms with Gasteiger partial charge in [0.1, 0.15) is 5.75 Å². The number of carbonyl (C=O) groups excluding carboxylic acids is 1. The Hall–Kier alpha value is -1.73. The average Bonchev–Trinajstić information content (AvgIpc) is 2.61. The predicted molar refractivity (Wildman–Crippen MR) is 88.8 cm³/mol. The topological polar surface area (TPSA) is 53.0 Å². The number of amides is 1. The third kappa shape index (κ3) is 3.48. The Balaban J connectivity index is 1.81. The van der Waals surface area contributed by atoms with Gasteiger partial charge in [-0.2, -0.15) is 8.78 Å². The number of alkyl halides is 2. The molecule has 0 unspecified atom stereocenters. The summed E-state index contributed by atoms with van der Waals surface area (Å²) in [6, 6.07) is 6.18. The number of nitrogens with zero attached hydrogens (tertiary/aromatic N) is 2. The zero-order valence-electron chi connectivity index (χ0n) is 14.3. The lowest BCUT2D eigenvalue weighted by Crippen LogP contribution is -2.62. The van der Waals surface area contributed by atoms with Crippen molar-refractivity contribution in [2.75, 3.05) is 33.3 Å². The molecular weight excluding hydrogens is 330 g/mol. The van der Waals surface area contributed by atoms with Crippen molar-refractivity contribution >= 4 is 5.91 Å². The minimum atomic E-state index is -2.97. The summed E-state index contributed by atoms with van der Waals surface area (Å²) >= 11 is 0. The Labute approximate surface area is 146 Å². The number of fused-ring (bicyclic) bond motifs is 1. The molecule has 2 atom stereocenters. The molecule has 0 saturated carbocycles. The first-order valence-electron chi connectivity index (χ1n) is 8.61. The zero-order chi connectivity index (χ0) is 18.0. The maximum Gasteiger partial charge on any atom is 0.387 e. The van der Waals surface area contributed by atoms with Gasteiger partial charge in [-0.3, -0.25) is 4.79 Å². The highest BCUT2D eigenvalue weighted by Crippen LogP contribution is 2.42. The summed E-state index contributed by atoms with van der Waals surface area (Å²) in [5, 5.41) is 9.95. The zero-order valence-corrected chi connectivity index (χ0v) is 14.3. The van der Waals surface area contributed by atoms with Crippen molar-refractivity contribution in [3.63, 3.8) is 0 Å². The van der Waals surface area contributed by atoms with Crippen molar-refractivity contribution in [3.8, 4) is 5.75 Å². The molecule has 1 N–H and O–H groups in total. The SMILES string of the molecule is CN1CCC[C@]2(CO)CCN(C(=O)c3ccccc3OC(F)F)C[C@@H]12. The summed E-state index contributed by atoms with van der Waals surface area (Å²) in [5.74, 6) is -0.403. The second kappa shape index (κ2) is 7.25. The third-order valence-corrected chi connectivity index (χ3v) is 5.63. The van der Waals surface area contributed by atoms with Crippen LogP contribution in [0.3, 0.4) is 0 Å². The first-order chi connectivity index (χ1) is 12.0. The lowest BCUT2D eigenvalue weighted by atomic mass is 9.69. The summed E-state index contributed by atoms with van der Waals surface area (Å²) in [7, 11) is 2.01. The molecule has 0 spiro atoms. The summed E-state index contributed by atoms with van der Waals surface area (Å²) in [4.78, 5) is 16.8. The van der Waals surface area contributed by atoms with E-state index in [4.69, 9.17) is 0 Å². The number of aliphatic hydroxyl groups excluding tert-OH is 1. The molecule has 3 rings (SSSR count). The Morgan fingerprint density at radius 3 is 2.84 bits per heavy atom. The van der Waals surface area contributed by atoms with Crippen molar-refractivity contribution in [3.05, 3.63) is 29.8 Å². The average molecular weight is 354 g/mol. The predicted octanol–water partition coefficient (Wildman–Crippen LogP) is 2.21. The van der Waals surface area contributed by atoms with E-state index in [2.05, 4.69) is 9.64 Å². The number of para-hydroxylation sites is 1. The summed E-state index contributed by atoms with van der Waals surface area (Å²) in [6.45, 7) is -0.942. The number of piperidine rings is 2. The first-order valence-corrected chi connectivity index (χ1v) is 8.61. The highest BCUT2D eigenvalue weighted by Gasteiger charge is 2.47. The van der Waals surface area contributed by atoms with Crippen LogP contribution in [0.4, 0.5) is 8.78 Å². The van der Waals surface area contributed by atoms with E-state index >= 15 is 0 Å². The van der Waals surface area contributed by atoms with E-state index in [0.29, 0.717) is 19.5 Å². The molecule has 2 heterocycles. The highest BCUT2D eigenvalue weighted by atomic mass is 19.3. The fourth-order valence-corrected chi connectivity index (χ4v) is 4.21. The Morgan fingerprint density at radius 2 is 2.12 bits per heavy atom. The molecule has 0 aromatic heterocycles. The van der Waals surface area contributed by atoms with Gasteiger partial charge in [0.05, 0.1) is 12.2 Å². The number of carbonyl (C=O) groups is 1. The van der Waals surface area contributed by atoms with E-state index in [1.54, 1.807) is 17.0 Å². The van der Waals surface area contributed by atoms with E-state index < -0.39 is 6.61 Å². The maximum atomic E-state index is 12.9. The van der Waals surface area contributed by atoms with Crippen LogP contribution in [-0.4, -0.2) is 66.8 Å². The number of likely N-dealkylation sites (tertiary alicyclic amines) is 2. The molecule has 25 heavy (non-hydrogen) atoms. The molecule has 0 bridgehead atoms. The quantitative estimate of drug-likeness (QED) is 0.901. The van der Waals surface area contributed by atoms with Crippen LogP contribution < -0.4 is 4.74 Å². The maximum absolute atomic E-state index is 12.9. The number of hydrogen-bond donors (Lipinski definition) is 1. The number of hydrogen-bond acceptors (Lipinski definition) is 4. The van der Waals surface area contributed by atoms with Crippen LogP contribution in [0, 0.1) is 5.41 Å². The number of ether oxygens (including phenoxy) is 1. The Kier molecular flexibility index (Phi) is 5.24. The van der Waals surface area contributed by atoms with Crippen LogP contribution in [0.15, 0.2) is 24.3 Å². The molecule has 5 nitrogen and oxygen atoms in total. The van der Waals surface area contributed by atoms with E-state index in [9.17, 15) is 18.7 Å². The fraction of sp³-hybridized carbons (Fsp3) is 0.611. The summed E-state index contributed by atoms with van der Waals surface area (Å²) in [6.07, 6.45) is 2.69. The van der Waals surface area contributed by atoms with Crippen LogP contribution in [0.25, 0.3) is 0 Å². The summed E-state index contributed by atoms with van der Waals surface area (Å²) < 4.78 is 29.7. The smallest absolute Gasteiger partial charge is 0.387 e. The Morgan fingerprint density at radius 1 is 1.36 bits per heavy atom. The fourth-order valence-electron chi connectivity index (χ4n) is 4.21. The first kappa shape index (κ1) is 18.1. The van der Waals surface area contributed by atoms with Gasteiger partial charge in [-0.1, -0.05) is 12.1 Å². The van der Waals surface area contributed by atoms with E-state index in [-0.39, 0.29) is 35.3 Å². The number of benzene rings is 1. The van der Waals surface area contributed by atoms with Crippen molar-refractivity contribution in [2.45, 2.75) is 31.9 Å². The molecule has 0 radical (unpaired) electrons. The molecule has 7 heteroatoms. The van der Waals surface area contributed by atoms with Gasteiger partial charge < -0.3 is 19.6 Å². The largest absolute Gasteiger partial charge is 0.434 e. The van der Waals surface area contributed by atoms with E-state index in [1.165, 1.54) is 12.1 Å². The minimum Gasteiger partial charge on any atom is -0.434 e. The van der Waals surface area contributed by atoms with Gasteiger partial charge in [-0.05, 0) is 45.0 Å². The molecule has 1 aromatic rings. The molecule has 1 aromatic carbocycles. The van der Waals surface area contributed by atoms with Gasteiger partial charge in [-0.15, -0.1) is 0 Å². The number of likely N-dealkylation sites (N-methyl/N-ethyl adjacent to an activating group) is 1. The van der Waals surface area contributed by atoms with Gasteiger partial charge in [0.2, 0.25) is 0 Å². The molecule has 1 amide bonds. The third-order valence-electron chi connectivity index (χ3n) is 5.63. The molecule has 2 fully saturated rings. The second-order valence-electron chi connectivity index (χ2n) is 7.00. The van der Waals surface area contributed by atoms with Crippen LogP contribution in [0.2, 0.25) is 0 Å². The van der Waals surface area contributed by atoms with Crippen molar-refractivity contribution in [1.82, 2.24) is 9.80 Å². The van der Waals surface area contributed by atoms with Crippen molar-refractivity contribution in [2.24, 2.45) is 5.41 Å². The highest BCUT2D eigenvalue weighted by molar-refractivity contribution is 5.97. The van der Waals surface area contributed by atoms with Crippen molar-refractivity contribution < 1.29 is 23.4 Å². The van der Waals surface area contributed by atoms with Crippen LogP contribution >= 0.6 is 0 Å². The lowest BCUT2D eigenvalue weighted by molar-refractivity contribution is -0.0610. The van der Waals surface area contributed by atoms with Crippen LogP contribution in [0.1, 0.15) is 29.6 Å².